The van der Waals surface area contributed by atoms with Crippen LogP contribution in [0.3, 0.4) is 0 Å². The van der Waals surface area contributed by atoms with E-state index in [9.17, 15) is 14.4 Å². The van der Waals surface area contributed by atoms with E-state index in [0.29, 0.717) is 11.3 Å². The number of imide groups is 1. The highest BCUT2D eigenvalue weighted by Crippen LogP contribution is 2.27. The predicted molar refractivity (Wildman–Crippen MR) is 106 cm³/mol. The maximum atomic E-state index is 12.5. The normalized spacial score (nSPS) is 19.9. The SMILES string of the molecule is C[C@H](SCc1ccccc1)C(=O)Nc1cccc([C@]2(C)NC(=O)NC2=O)c1. The zero-order valence-electron chi connectivity index (χ0n) is 15.1. The van der Waals surface area contributed by atoms with E-state index >= 15 is 0 Å². The predicted octanol–water partition coefficient (Wildman–Crippen LogP) is 3.00. The Morgan fingerprint density at radius 3 is 2.56 bits per heavy atom. The molecule has 7 heteroatoms. The van der Waals surface area contributed by atoms with E-state index in [4.69, 9.17) is 0 Å². The molecule has 1 aliphatic heterocycles. The lowest BCUT2D eigenvalue weighted by molar-refractivity contribution is -0.123. The smallest absolute Gasteiger partial charge is 0.322 e. The van der Waals surface area contributed by atoms with Crippen LogP contribution >= 0.6 is 11.8 Å². The van der Waals surface area contributed by atoms with Crippen molar-refractivity contribution >= 4 is 35.3 Å². The summed E-state index contributed by atoms with van der Waals surface area (Å²) in [4.78, 5) is 36.0. The molecule has 0 radical (unpaired) electrons. The lowest BCUT2D eigenvalue weighted by Crippen LogP contribution is -2.40. The molecular formula is C20H21N3O3S. The van der Waals surface area contributed by atoms with Gasteiger partial charge in [0.1, 0.15) is 5.54 Å². The van der Waals surface area contributed by atoms with Crippen molar-refractivity contribution in [3.63, 3.8) is 0 Å². The van der Waals surface area contributed by atoms with Crippen LogP contribution < -0.4 is 16.0 Å². The Kier molecular flexibility index (Phi) is 5.51. The summed E-state index contributed by atoms with van der Waals surface area (Å²) in [5.74, 6) is 0.223. The molecule has 140 valence electrons. The summed E-state index contributed by atoms with van der Waals surface area (Å²) in [6.45, 7) is 3.49. The minimum Gasteiger partial charge on any atom is -0.325 e. The van der Waals surface area contributed by atoms with Crippen LogP contribution in [0.15, 0.2) is 54.6 Å². The lowest BCUT2D eigenvalue weighted by Gasteiger charge is -2.22. The Bertz CT molecular complexity index is 872. The summed E-state index contributed by atoms with van der Waals surface area (Å²) < 4.78 is 0. The summed E-state index contributed by atoms with van der Waals surface area (Å²) in [5, 5.41) is 7.50. The number of hydrogen-bond acceptors (Lipinski definition) is 4. The van der Waals surface area contributed by atoms with Crippen LogP contribution in [-0.2, 0) is 20.9 Å². The summed E-state index contributed by atoms with van der Waals surface area (Å²) >= 11 is 1.55. The fourth-order valence-electron chi connectivity index (χ4n) is 2.77. The third kappa shape index (κ3) is 4.31. The first-order valence-corrected chi connectivity index (χ1v) is 9.64. The van der Waals surface area contributed by atoms with Gasteiger partial charge in [0.15, 0.2) is 0 Å². The third-order valence-electron chi connectivity index (χ3n) is 4.46. The molecule has 3 rings (SSSR count). The van der Waals surface area contributed by atoms with Crippen molar-refractivity contribution in [1.82, 2.24) is 10.6 Å². The van der Waals surface area contributed by atoms with Gasteiger partial charge in [0.2, 0.25) is 5.91 Å². The molecule has 1 fully saturated rings. The number of rotatable bonds is 6. The molecule has 0 unspecified atom stereocenters. The van der Waals surface area contributed by atoms with Crippen LogP contribution in [0.2, 0.25) is 0 Å². The van der Waals surface area contributed by atoms with Gasteiger partial charge < -0.3 is 10.6 Å². The minimum atomic E-state index is -1.15. The van der Waals surface area contributed by atoms with Crippen LogP contribution in [0, 0.1) is 0 Å². The molecule has 0 aromatic heterocycles. The molecule has 1 saturated heterocycles. The standard InChI is InChI=1S/C20H21N3O3S/c1-13(27-12-14-7-4-3-5-8-14)17(24)21-16-10-6-9-15(11-16)20(2)18(25)22-19(26)23-20/h3-11,13H,12H2,1-2H3,(H,21,24)(H2,22,23,25,26)/t13-,20-/m0/s1. The number of anilines is 1. The molecule has 1 heterocycles. The number of nitrogens with one attached hydrogen (secondary N) is 3. The molecule has 1 aliphatic rings. The third-order valence-corrected chi connectivity index (χ3v) is 5.68. The Balaban J connectivity index is 1.64. The second-order valence-corrected chi connectivity index (χ2v) is 7.87. The van der Waals surface area contributed by atoms with Gasteiger partial charge in [-0.1, -0.05) is 42.5 Å². The van der Waals surface area contributed by atoms with E-state index in [1.54, 1.807) is 43.0 Å². The van der Waals surface area contributed by atoms with Gasteiger partial charge in [-0.2, -0.15) is 0 Å². The van der Waals surface area contributed by atoms with E-state index in [2.05, 4.69) is 16.0 Å². The Hall–Kier alpha value is -2.80. The highest BCUT2D eigenvalue weighted by Gasteiger charge is 2.43. The van der Waals surface area contributed by atoms with Crippen molar-refractivity contribution in [2.75, 3.05) is 5.32 Å². The quantitative estimate of drug-likeness (QED) is 0.669. The van der Waals surface area contributed by atoms with Gasteiger partial charge in [0.25, 0.3) is 5.91 Å². The van der Waals surface area contributed by atoms with Crippen LogP contribution in [0.4, 0.5) is 10.5 Å². The largest absolute Gasteiger partial charge is 0.325 e. The van der Waals surface area contributed by atoms with E-state index in [-0.39, 0.29) is 11.2 Å². The Morgan fingerprint density at radius 2 is 1.89 bits per heavy atom. The number of hydrogen-bond donors (Lipinski definition) is 3. The molecule has 0 aliphatic carbocycles. The molecule has 2 aromatic rings. The highest BCUT2D eigenvalue weighted by molar-refractivity contribution is 7.99. The van der Waals surface area contributed by atoms with Crippen LogP contribution in [0.5, 0.6) is 0 Å². The Labute approximate surface area is 162 Å². The Morgan fingerprint density at radius 1 is 1.15 bits per heavy atom. The fraction of sp³-hybridized carbons (Fsp3) is 0.250. The van der Waals surface area contributed by atoms with Crippen molar-refractivity contribution in [2.24, 2.45) is 0 Å². The number of urea groups is 1. The van der Waals surface area contributed by atoms with E-state index in [1.807, 2.05) is 37.3 Å². The molecule has 2 atom stereocenters. The average Bonchev–Trinajstić information content (AvgIpc) is 2.93. The number of amides is 4. The molecule has 27 heavy (non-hydrogen) atoms. The molecule has 0 spiro atoms. The van der Waals surface area contributed by atoms with Gasteiger partial charge in [-0.05, 0) is 37.1 Å². The number of benzene rings is 2. The molecule has 0 saturated carbocycles. The first kappa shape index (κ1) is 19.0. The van der Waals surface area contributed by atoms with Crippen LogP contribution in [0.25, 0.3) is 0 Å². The fourth-order valence-corrected chi connectivity index (χ4v) is 3.61. The average molecular weight is 383 g/mol. The minimum absolute atomic E-state index is 0.113. The van der Waals surface area contributed by atoms with Gasteiger partial charge >= 0.3 is 6.03 Å². The molecular weight excluding hydrogens is 362 g/mol. The van der Waals surface area contributed by atoms with Gasteiger partial charge in [-0.25, -0.2) is 4.79 Å². The maximum absolute atomic E-state index is 12.5. The summed E-state index contributed by atoms with van der Waals surface area (Å²) in [6, 6.07) is 16.4. The van der Waals surface area contributed by atoms with Crippen LogP contribution in [-0.4, -0.2) is 23.1 Å². The van der Waals surface area contributed by atoms with Crippen molar-refractivity contribution in [1.29, 1.82) is 0 Å². The maximum Gasteiger partial charge on any atom is 0.322 e. The van der Waals surface area contributed by atoms with Gasteiger partial charge in [0.05, 0.1) is 5.25 Å². The van der Waals surface area contributed by atoms with Crippen molar-refractivity contribution in [2.45, 2.75) is 30.4 Å². The zero-order valence-corrected chi connectivity index (χ0v) is 15.9. The van der Waals surface area contributed by atoms with E-state index < -0.39 is 17.5 Å². The van der Waals surface area contributed by atoms with Crippen LogP contribution in [0.1, 0.15) is 25.0 Å². The van der Waals surface area contributed by atoms with Gasteiger partial charge in [0, 0.05) is 11.4 Å². The molecule has 4 amide bonds. The topological polar surface area (TPSA) is 87.3 Å². The van der Waals surface area contributed by atoms with Gasteiger partial charge in [-0.15, -0.1) is 11.8 Å². The van der Waals surface area contributed by atoms with Crippen molar-refractivity contribution in [3.05, 3.63) is 65.7 Å². The number of carbonyl (C=O) groups is 3. The summed E-state index contributed by atoms with van der Waals surface area (Å²) in [7, 11) is 0. The molecule has 2 aromatic carbocycles. The first-order chi connectivity index (χ1) is 12.9. The number of thioether (sulfide) groups is 1. The van der Waals surface area contributed by atoms with Crippen molar-refractivity contribution in [3.8, 4) is 0 Å². The second-order valence-electron chi connectivity index (χ2n) is 6.54. The van der Waals surface area contributed by atoms with E-state index in [1.165, 1.54) is 5.56 Å². The molecule has 6 nitrogen and oxygen atoms in total. The molecule has 3 N–H and O–H groups in total. The first-order valence-electron chi connectivity index (χ1n) is 8.59. The summed E-state index contributed by atoms with van der Waals surface area (Å²) in [5.41, 5.74) is 1.21. The van der Waals surface area contributed by atoms with Gasteiger partial charge in [-0.3, -0.25) is 14.9 Å². The number of carbonyl (C=O) groups excluding carboxylic acids is 3. The van der Waals surface area contributed by atoms with E-state index in [0.717, 1.165) is 5.75 Å². The van der Waals surface area contributed by atoms with Crippen molar-refractivity contribution < 1.29 is 14.4 Å². The zero-order chi connectivity index (χ0) is 19.4. The highest BCUT2D eigenvalue weighted by atomic mass is 32.2. The second kappa shape index (κ2) is 7.84. The molecule has 0 bridgehead atoms. The summed E-state index contributed by atoms with van der Waals surface area (Å²) in [6.07, 6.45) is 0. The lowest BCUT2D eigenvalue weighted by atomic mass is 9.92. The monoisotopic (exact) mass is 383 g/mol.